The van der Waals surface area contributed by atoms with Gasteiger partial charge >= 0.3 is 6.18 Å². The van der Waals surface area contributed by atoms with Gasteiger partial charge in [0.25, 0.3) is 0 Å². The molecule has 0 bridgehead atoms. The second kappa shape index (κ2) is 8.08. The van der Waals surface area contributed by atoms with Crippen molar-refractivity contribution in [3.05, 3.63) is 47.3 Å². The molecular weight excluding hydrogens is 445 g/mol. The van der Waals surface area contributed by atoms with Gasteiger partial charge in [0.1, 0.15) is 11.2 Å². The molecule has 2 aromatic rings. The van der Waals surface area contributed by atoms with Gasteiger partial charge in [0.15, 0.2) is 11.6 Å². The first-order valence-electron chi connectivity index (χ1n) is 10.5. The molecule has 11 heteroatoms. The molecule has 1 aliphatic carbocycles. The van der Waals surface area contributed by atoms with E-state index < -0.39 is 23.0 Å². The van der Waals surface area contributed by atoms with Gasteiger partial charge in [-0.1, -0.05) is 12.2 Å². The van der Waals surface area contributed by atoms with Gasteiger partial charge in [-0.25, -0.2) is 4.99 Å². The van der Waals surface area contributed by atoms with Crippen molar-refractivity contribution in [2.24, 2.45) is 4.99 Å². The largest absolute Gasteiger partial charge is 0.412 e. The van der Waals surface area contributed by atoms with Crippen molar-refractivity contribution in [3.8, 4) is 5.82 Å². The number of aromatic nitrogens is 4. The molecule has 1 fully saturated rings. The third-order valence-corrected chi connectivity index (χ3v) is 6.57. The van der Waals surface area contributed by atoms with Crippen LogP contribution in [0.3, 0.4) is 0 Å². The van der Waals surface area contributed by atoms with Crippen molar-refractivity contribution in [2.45, 2.75) is 43.3 Å². The van der Waals surface area contributed by atoms with Gasteiger partial charge in [-0.2, -0.15) is 28.1 Å². The molecule has 1 saturated heterocycles. The number of H-pyrrole nitrogens is 1. The number of rotatable bonds is 2. The fourth-order valence-corrected chi connectivity index (χ4v) is 5.05. The Balaban J connectivity index is 1.70. The summed E-state index contributed by atoms with van der Waals surface area (Å²) >= 11 is 6.95. The molecule has 0 saturated carbocycles. The molecular formula is C21H22ClF3N6O. The molecule has 2 aromatic heterocycles. The van der Waals surface area contributed by atoms with Crippen LogP contribution in [0.15, 0.2) is 46.8 Å². The van der Waals surface area contributed by atoms with Crippen LogP contribution in [0.25, 0.3) is 5.82 Å². The van der Waals surface area contributed by atoms with Crippen LogP contribution in [0.5, 0.6) is 0 Å². The van der Waals surface area contributed by atoms with E-state index in [1.165, 1.54) is 0 Å². The first-order chi connectivity index (χ1) is 15.4. The SMILES string of the molecule is C[C@@H]1COCCN1C1=Nc2c(cnn2-c2ccn[nH]2)C(C2=C(C(F)(F)F)CCC=C2)C1Cl. The summed E-state index contributed by atoms with van der Waals surface area (Å²) in [6, 6.07) is 1.72. The maximum Gasteiger partial charge on any atom is 0.412 e. The third kappa shape index (κ3) is 3.55. The lowest BCUT2D eigenvalue weighted by Crippen LogP contribution is -2.51. The molecule has 170 valence electrons. The topological polar surface area (TPSA) is 71.3 Å². The van der Waals surface area contributed by atoms with Crippen molar-refractivity contribution in [1.29, 1.82) is 0 Å². The zero-order chi connectivity index (χ0) is 22.5. The zero-order valence-corrected chi connectivity index (χ0v) is 18.1. The summed E-state index contributed by atoms with van der Waals surface area (Å²) < 4.78 is 49.0. The van der Waals surface area contributed by atoms with Gasteiger partial charge in [-0.05, 0) is 25.3 Å². The number of allylic oxidation sites excluding steroid dienone is 4. The fourth-order valence-electron chi connectivity index (χ4n) is 4.60. The number of halogens is 4. The van der Waals surface area contributed by atoms with E-state index in [0.717, 1.165) is 0 Å². The van der Waals surface area contributed by atoms with E-state index in [1.807, 2.05) is 11.8 Å². The van der Waals surface area contributed by atoms with Gasteiger partial charge in [0, 0.05) is 29.7 Å². The number of ether oxygens (including phenoxy) is 1. The van der Waals surface area contributed by atoms with Gasteiger partial charge in [-0.3, -0.25) is 5.10 Å². The van der Waals surface area contributed by atoms with Gasteiger partial charge in [-0.15, -0.1) is 11.6 Å². The zero-order valence-electron chi connectivity index (χ0n) is 17.3. The quantitative estimate of drug-likeness (QED) is 0.671. The van der Waals surface area contributed by atoms with E-state index in [9.17, 15) is 13.2 Å². The summed E-state index contributed by atoms with van der Waals surface area (Å²) in [5.41, 5.74) is 0.210. The molecule has 0 radical (unpaired) electrons. The Morgan fingerprint density at radius 3 is 2.88 bits per heavy atom. The Hall–Kier alpha value is -2.59. The van der Waals surface area contributed by atoms with E-state index in [2.05, 4.69) is 15.3 Å². The van der Waals surface area contributed by atoms with Crippen LogP contribution in [-0.2, 0) is 4.74 Å². The number of aliphatic imine (C=N–C) groups is 1. The third-order valence-electron chi connectivity index (χ3n) is 6.13. The lowest BCUT2D eigenvalue weighted by Gasteiger charge is -2.41. The Kier molecular flexibility index (Phi) is 5.37. The number of nitrogens with one attached hydrogen (secondary N) is 1. The van der Waals surface area contributed by atoms with E-state index in [0.29, 0.717) is 49.2 Å². The first kappa shape index (κ1) is 21.3. The van der Waals surface area contributed by atoms with E-state index >= 15 is 0 Å². The van der Waals surface area contributed by atoms with Crippen molar-refractivity contribution in [2.75, 3.05) is 19.8 Å². The van der Waals surface area contributed by atoms with Gasteiger partial charge in [0.05, 0.1) is 31.6 Å². The predicted molar refractivity (Wildman–Crippen MR) is 114 cm³/mol. The summed E-state index contributed by atoms with van der Waals surface area (Å²) in [5.74, 6) is 0.825. The fraction of sp³-hybridized carbons (Fsp3) is 0.476. The highest BCUT2D eigenvalue weighted by Crippen LogP contribution is 2.48. The first-order valence-corrected chi connectivity index (χ1v) is 10.9. The molecule has 0 aromatic carbocycles. The Morgan fingerprint density at radius 1 is 1.31 bits per heavy atom. The van der Waals surface area contributed by atoms with Gasteiger partial charge in [0.2, 0.25) is 0 Å². The molecule has 2 unspecified atom stereocenters. The highest BCUT2D eigenvalue weighted by atomic mass is 35.5. The molecule has 1 N–H and O–H groups in total. The number of hydrogen-bond acceptors (Lipinski definition) is 5. The molecule has 4 heterocycles. The van der Waals surface area contributed by atoms with E-state index in [4.69, 9.17) is 21.3 Å². The van der Waals surface area contributed by atoms with Crippen LogP contribution >= 0.6 is 11.6 Å². The van der Waals surface area contributed by atoms with Crippen LogP contribution in [-0.4, -0.2) is 68.1 Å². The minimum absolute atomic E-state index is 0.00700. The van der Waals surface area contributed by atoms with Crippen molar-refractivity contribution >= 4 is 23.3 Å². The van der Waals surface area contributed by atoms with Crippen LogP contribution in [0.1, 0.15) is 31.2 Å². The molecule has 0 amide bonds. The van der Waals surface area contributed by atoms with Crippen molar-refractivity contribution < 1.29 is 17.9 Å². The number of alkyl halides is 4. The average molecular weight is 467 g/mol. The van der Waals surface area contributed by atoms with Crippen LogP contribution in [0.2, 0.25) is 0 Å². The normalized spacial score (nSPS) is 26.3. The van der Waals surface area contributed by atoms with E-state index in [-0.39, 0.29) is 18.0 Å². The van der Waals surface area contributed by atoms with Crippen LogP contribution in [0, 0.1) is 0 Å². The average Bonchev–Trinajstić information content (AvgIpc) is 3.43. The Bertz CT molecular complexity index is 1090. The van der Waals surface area contributed by atoms with E-state index in [1.54, 1.807) is 35.3 Å². The van der Waals surface area contributed by atoms with Crippen molar-refractivity contribution in [3.63, 3.8) is 0 Å². The minimum Gasteiger partial charge on any atom is -0.377 e. The standard InChI is InChI=1S/C21H22ClF3N6O/c1-12-11-32-9-8-30(12)20-18(22)17(13-4-2-3-5-15(13)21(23,24)25)14-10-27-31(19(14)28-20)16-6-7-26-29-16/h2,4,6-7,10,12,17-18H,3,5,8-9,11H2,1H3,(H,26,29)/t12-,17?,18?/m1/s1. The summed E-state index contributed by atoms with van der Waals surface area (Å²) in [7, 11) is 0. The predicted octanol–water partition coefficient (Wildman–Crippen LogP) is 4.26. The highest BCUT2D eigenvalue weighted by molar-refractivity contribution is 6.33. The maximum absolute atomic E-state index is 14.0. The summed E-state index contributed by atoms with van der Waals surface area (Å²) in [5, 5.41) is 10.4. The minimum atomic E-state index is -4.43. The highest BCUT2D eigenvalue weighted by Gasteiger charge is 2.45. The number of nitrogens with zero attached hydrogens (tertiary/aromatic N) is 5. The Labute approximate surface area is 187 Å². The van der Waals surface area contributed by atoms with Crippen LogP contribution in [0.4, 0.5) is 19.0 Å². The lowest BCUT2D eigenvalue weighted by molar-refractivity contribution is -0.0950. The molecule has 7 nitrogen and oxygen atoms in total. The van der Waals surface area contributed by atoms with Crippen molar-refractivity contribution in [1.82, 2.24) is 24.9 Å². The number of fused-ring (bicyclic) bond motifs is 1. The molecule has 2 aliphatic heterocycles. The Morgan fingerprint density at radius 2 is 2.16 bits per heavy atom. The second-order valence-electron chi connectivity index (χ2n) is 8.12. The van der Waals surface area contributed by atoms with Crippen LogP contribution < -0.4 is 0 Å². The summed E-state index contributed by atoms with van der Waals surface area (Å²) in [6.07, 6.45) is 2.32. The maximum atomic E-state index is 14.0. The number of aromatic amines is 1. The molecule has 32 heavy (non-hydrogen) atoms. The molecule has 3 atom stereocenters. The molecule has 0 spiro atoms. The summed E-state index contributed by atoms with van der Waals surface area (Å²) in [6.45, 7) is 3.55. The number of hydrogen-bond donors (Lipinski definition) is 1. The number of morpholine rings is 1. The monoisotopic (exact) mass is 466 g/mol. The summed E-state index contributed by atoms with van der Waals surface area (Å²) in [4.78, 5) is 6.86. The lowest BCUT2D eigenvalue weighted by atomic mass is 9.80. The molecule has 3 aliphatic rings. The smallest absolute Gasteiger partial charge is 0.377 e. The number of amidine groups is 1. The van der Waals surface area contributed by atoms with Gasteiger partial charge < -0.3 is 9.64 Å². The molecule has 5 rings (SSSR count). The second-order valence-corrected chi connectivity index (χ2v) is 8.59.